The zero-order valence-corrected chi connectivity index (χ0v) is 10.4. The number of hydrogen-bond donors (Lipinski definition) is 1. The molecule has 1 atom stereocenters. The van der Waals surface area contributed by atoms with Gasteiger partial charge in [0.2, 0.25) is 0 Å². The van der Waals surface area contributed by atoms with Crippen molar-refractivity contribution in [3.8, 4) is 0 Å². The van der Waals surface area contributed by atoms with Crippen LogP contribution >= 0.6 is 27.5 Å². The smallest absolute Gasteiger partial charge is 0.178 e. The highest BCUT2D eigenvalue weighted by atomic mass is 79.9. The molecule has 0 saturated carbocycles. The minimum atomic E-state index is 0.653. The third-order valence-electron chi connectivity index (χ3n) is 2.70. The number of nitrogens with one attached hydrogen (secondary N) is 1. The second-order valence-corrected chi connectivity index (χ2v) is 4.76. The van der Waals surface area contributed by atoms with Crippen LogP contribution in [0.3, 0.4) is 0 Å². The Labute approximate surface area is 97.0 Å². The van der Waals surface area contributed by atoms with E-state index in [-0.39, 0.29) is 0 Å². The van der Waals surface area contributed by atoms with Crippen molar-refractivity contribution >= 4 is 27.5 Å². The van der Waals surface area contributed by atoms with Crippen LogP contribution in [0, 0.1) is 5.92 Å². The molecule has 78 valence electrons. The molecule has 0 saturated heterocycles. The summed E-state index contributed by atoms with van der Waals surface area (Å²) in [6, 6.07) is 0. The number of rotatable bonds is 2. The van der Waals surface area contributed by atoms with Crippen molar-refractivity contribution < 1.29 is 0 Å². The van der Waals surface area contributed by atoms with Crippen LogP contribution in [0.5, 0.6) is 0 Å². The van der Waals surface area contributed by atoms with Gasteiger partial charge >= 0.3 is 0 Å². The van der Waals surface area contributed by atoms with Crippen molar-refractivity contribution in [2.75, 3.05) is 13.6 Å². The minimum absolute atomic E-state index is 0.653. The third kappa shape index (κ3) is 1.83. The first-order valence-electron chi connectivity index (χ1n) is 4.77. The minimum Gasteiger partial charge on any atom is -0.321 e. The maximum absolute atomic E-state index is 6.01. The summed E-state index contributed by atoms with van der Waals surface area (Å²) in [6.45, 7) is 2.07. The molecule has 0 spiro atoms. The first-order valence-corrected chi connectivity index (χ1v) is 5.94. The molecule has 1 aliphatic rings. The van der Waals surface area contributed by atoms with Crippen molar-refractivity contribution in [1.82, 2.24) is 14.9 Å². The van der Waals surface area contributed by atoms with Gasteiger partial charge in [-0.2, -0.15) is 0 Å². The van der Waals surface area contributed by atoms with Crippen LogP contribution in [0.4, 0.5) is 0 Å². The molecular formula is C9H13BrClN3. The van der Waals surface area contributed by atoms with E-state index >= 15 is 0 Å². The molecule has 0 aromatic carbocycles. The van der Waals surface area contributed by atoms with Crippen molar-refractivity contribution in [1.29, 1.82) is 0 Å². The van der Waals surface area contributed by atoms with E-state index in [9.17, 15) is 0 Å². The Morgan fingerprint density at radius 2 is 2.50 bits per heavy atom. The van der Waals surface area contributed by atoms with E-state index in [1.54, 1.807) is 0 Å². The van der Waals surface area contributed by atoms with Gasteiger partial charge in [-0.1, -0.05) is 11.6 Å². The lowest BCUT2D eigenvalue weighted by Crippen LogP contribution is -2.28. The van der Waals surface area contributed by atoms with E-state index in [1.165, 1.54) is 12.1 Å². The summed E-state index contributed by atoms with van der Waals surface area (Å²) in [5.74, 6) is 0.689. The van der Waals surface area contributed by atoms with Crippen molar-refractivity contribution in [3.63, 3.8) is 0 Å². The monoisotopic (exact) mass is 277 g/mol. The Morgan fingerprint density at radius 1 is 1.71 bits per heavy atom. The van der Waals surface area contributed by atoms with Crippen molar-refractivity contribution in [3.05, 3.63) is 15.6 Å². The Balaban J connectivity index is 2.21. The molecular weight excluding hydrogens is 265 g/mol. The molecule has 3 nitrogen and oxygen atoms in total. The van der Waals surface area contributed by atoms with Crippen LogP contribution in [-0.4, -0.2) is 23.1 Å². The lowest BCUT2D eigenvalue weighted by Gasteiger charge is -2.24. The molecule has 2 rings (SSSR count). The molecule has 5 heteroatoms. The summed E-state index contributed by atoms with van der Waals surface area (Å²) in [5.41, 5.74) is 1.17. The van der Waals surface area contributed by atoms with Gasteiger partial charge < -0.3 is 9.88 Å². The summed E-state index contributed by atoms with van der Waals surface area (Å²) in [6.07, 6.45) is 2.22. The fourth-order valence-electron chi connectivity index (χ4n) is 2.00. The quantitative estimate of drug-likeness (QED) is 0.898. The molecule has 0 fully saturated rings. The molecule has 1 aromatic rings. The molecule has 0 radical (unpaired) electrons. The van der Waals surface area contributed by atoms with Gasteiger partial charge in [-0.3, -0.25) is 0 Å². The number of halogens is 2. The molecule has 0 bridgehead atoms. The summed E-state index contributed by atoms with van der Waals surface area (Å²) < 4.78 is 3.03. The van der Waals surface area contributed by atoms with E-state index in [0.29, 0.717) is 11.1 Å². The number of aromatic nitrogens is 2. The van der Waals surface area contributed by atoms with Crippen LogP contribution in [0.1, 0.15) is 12.1 Å². The van der Waals surface area contributed by atoms with Crippen LogP contribution in [0.15, 0.2) is 4.73 Å². The largest absolute Gasteiger partial charge is 0.321 e. The number of imidazole rings is 1. The molecule has 1 N–H and O–H groups in total. The normalized spacial score (nSPS) is 20.9. The highest BCUT2D eigenvalue weighted by molar-refractivity contribution is 9.10. The standard InChI is InChI=1S/C9H13BrClN3/c1-12-4-6-2-3-7-8(11)13-9(10)14(7)5-6/h6,12H,2-5H2,1H3. The second-order valence-electron chi connectivity index (χ2n) is 3.69. The predicted octanol–water partition coefficient (Wildman–Crippen LogP) is 2.08. The average Bonchev–Trinajstić information content (AvgIpc) is 2.43. The van der Waals surface area contributed by atoms with E-state index in [2.05, 4.69) is 30.8 Å². The van der Waals surface area contributed by atoms with E-state index < -0.39 is 0 Å². The molecule has 14 heavy (non-hydrogen) atoms. The number of fused-ring (bicyclic) bond motifs is 1. The van der Waals surface area contributed by atoms with E-state index in [4.69, 9.17) is 11.6 Å². The third-order valence-corrected chi connectivity index (χ3v) is 3.61. The predicted molar refractivity (Wildman–Crippen MR) is 60.7 cm³/mol. The fourth-order valence-corrected chi connectivity index (χ4v) is 2.91. The van der Waals surface area contributed by atoms with Gasteiger partial charge in [-0.15, -0.1) is 0 Å². The summed E-state index contributed by atoms with van der Waals surface area (Å²) in [5, 5.41) is 3.87. The zero-order valence-electron chi connectivity index (χ0n) is 8.06. The van der Waals surface area contributed by atoms with Crippen LogP contribution < -0.4 is 5.32 Å². The highest BCUT2D eigenvalue weighted by Gasteiger charge is 2.23. The molecule has 1 aliphatic heterocycles. The molecule has 0 amide bonds. The summed E-state index contributed by atoms with van der Waals surface area (Å²) in [4.78, 5) is 4.21. The first-order chi connectivity index (χ1) is 6.72. The number of nitrogens with zero attached hydrogens (tertiary/aromatic N) is 2. The van der Waals surface area contributed by atoms with E-state index in [1.807, 2.05) is 7.05 Å². The maximum Gasteiger partial charge on any atom is 0.178 e. The number of hydrogen-bond acceptors (Lipinski definition) is 2. The average molecular weight is 279 g/mol. The highest BCUT2D eigenvalue weighted by Crippen LogP contribution is 2.29. The fraction of sp³-hybridized carbons (Fsp3) is 0.667. The van der Waals surface area contributed by atoms with Crippen molar-refractivity contribution in [2.24, 2.45) is 5.92 Å². The first kappa shape index (κ1) is 10.5. The van der Waals surface area contributed by atoms with Gasteiger partial charge in [0, 0.05) is 6.54 Å². The topological polar surface area (TPSA) is 29.9 Å². The van der Waals surface area contributed by atoms with Crippen LogP contribution in [-0.2, 0) is 13.0 Å². The van der Waals surface area contributed by atoms with Gasteiger partial charge in [-0.25, -0.2) is 4.98 Å². The Bertz CT molecular complexity index is 337. The molecule has 2 heterocycles. The van der Waals surface area contributed by atoms with Gasteiger partial charge in [0.1, 0.15) is 0 Å². The Kier molecular flexibility index (Phi) is 3.14. The molecule has 1 unspecified atom stereocenters. The Morgan fingerprint density at radius 3 is 3.21 bits per heavy atom. The van der Waals surface area contributed by atoms with Gasteiger partial charge in [0.25, 0.3) is 0 Å². The SMILES string of the molecule is CNCC1CCc2c(Cl)nc(Br)n2C1. The van der Waals surface area contributed by atoms with Crippen LogP contribution in [0.25, 0.3) is 0 Å². The van der Waals surface area contributed by atoms with Crippen molar-refractivity contribution in [2.45, 2.75) is 19.4 Å². The summed E-state index contributed by atoms with van der Waals surface area (Å²) >= 11 is 9.44. The maximum atomic E-state index is 6.01. The van der Waals surface area contributed by atoms with Crippen LogP contribution in [0.2, 0.25) is 5.15 Å². The summed E-state index contributed by atoms with van der Waals surface area (Å²) in [7, 11) is 1.99. The molecule has 0 aliphatic carbocycles. The molecule has 1 aromatic heterocycles. The van der Waals surface area contributed by atoms with Gasteiger partial charge in [0.05, 0.1) is 5.69 Å². The van der Waals surface area contributed by atoms with E-state index in [0.717, 1.165) is 24.2 Å². The second kappa shape index (κ2) is 4.21. The lowest BCUT2D eigenvalue weighted by molar-refractivity contribution is 0.357. The lowest BCUT2D eigenvalue weighted by atomic mass is 9.98. The zero-order chi connectivity index (χ0) is 10.1. The van der Waals surface area contributed by atoms with Gasteiger partial charge in [0.15, 0.2) is 9.89 Å². The van der Waals surface area contributed by atoms with Gasteiger partial charge in [-0.05, 0) is 48.3 Å². The Hall–Kier alpha value is -0.0600.